The van der Waals surface area contributed by atoms with E-state index in [-0.39, 0.29) is 24.1 Å². The van der Waals surface area contributed by atoms with E-state index in [1.807, 2.05) is 52.0 Å². The molecule has 3 aromatic heterocycles. The first-order valence-corrected chi connectivity index (χ1v) is 11.2. The summed E-state index contributed by atoms with van der Waals surface area (Å²) in [6.45, 7) is 9.92. The Bertz CT molecular complexity index is 1390. The van der Waals surface area contributed by atoms with Crippen molar-refractivity contribution >= 4 is 16.9 Å². The van der Waals surface area contributed by atoms with Crippen LogP contribution in [-0.2, 0) is 13.0 Å². The van der Waals surface area contributed by atoms with Crippen LogP contribution in [0.4, 0.5) is 0 Å². The number of aromatic amines is 1. The molecule has 0 saturated carbocycles. The number of nitrogens with zero attached hydrogens (tertiary/aromatic N) is 3. The van der Waals surface area contributed by atoms with Crippen LogP contribution in [0, 0.1) is 20.8 Å². The zero-order chi connectivity index (χ0) is 23.7. The fourth-order valence-corrected chi connectivity index (χ4v) is 4.41. The van der Waals surface area contributed by atoms with Crippen molar-refractivity contribution in [1.29, 1.82) is 0 Å². The summed E-state index contributed by atoms with van der Waals surface area (Å²) >= 11 is 0. The predicted octanol–water partition coefficient (Wildman–Crippen LogP) is 4.15. The van der Waals surface area contributed by atoms with Gasteiger partial charge in [0.25, 0.3) is 11.5 Å². The third-order valence-electron chi connectivity index (χ3n) is 6.17. The number of aromatic nitrogens is 4. The molecule has 4 aromatic rings. The second-order valence-corrected chi connectivity index (χ2v) is 8.42. The number of carbonyl (C=O) groups excluding carboxylic acids is 1. The maximum Gasteiger partial charge on any atom is 0.254 e. The first kappa shape index (κ1) is 22.5. The molecule has 0 bridgehead atoms. The molecule has 0 radical (unpaired) electrons. The van der Waals surface area contributed by atoms with Crippen LogP contribution in [0.2, 0.25) is 0 Å². The van der Waals surface area contributed by atoms with Crippen LogP contribution in [-0.4, -0.2) is 25.4 Å². The maximum atomic E-state index is 13.4. The van der Waals surface area contributed by atoms with Gasteiger partial charge in [0.2, 0.25) is 0 Å². The van der Waals surface area contributed by atoms with Crippen molar-refractivity contribution in [3.05, 3.63) is 92.4 Å². The van der Waals surface area contributed by atoms with Gasteiger partial charge < -0.3 is 14.9 Å². The fourth-order valence-electron chi connectivity index (χ4n) is 4.41. The van der Waals surface area contributed by atoms with Crippen molar-refractivity contribution in [2.24, 2.45) is 0 Å². The van der Waals surface area contributed by atoms with E-state index in [1.165, 1.54) is 0 Å². The van der Waals surface area contributed by atoms with Gasteiger partial charge >= 0.3 is 0 Å². The van der Waals surface area contributed by atoms with E-state index >= 15 is 0 Å². The molecule has 0 fully saturated rings. The summed E-state index contributed by atoms with van der Waals surface area (Å²) in [5.74, 6) is 0.485. The highest BCUT2D eigenvalue weighted by atomic mass is 16.2. The van der Waals surface area contributed by atoms with E-state index in [4.69, 9.17) is 4.98 Å². The van der Waals surface area contributed by atoms with E-state index in [1.54, 1.807) is 6.20 Å². The fraction of sp³-hybridized carbons (Fsp3) is 0.308. The Morgan fingerprint density at radius 1 is 1.18 bits per heavy atom. The molecule has 2 N–H and O–H groups in total. The Kier molecular flexibility index (Phi) is 6.14. The number of fused-ring (bicyclic) bond motifs is 1. The smallest absolute Gasteiger partial charge is 0.254 e. The summed E-state index contributed by atoms with van der Waals surface area (Å²) in [6, 6.07) is 12.0. The number of amides is 1. The molecule has 0 aliphatic rings. The van der Waals surface area contributed by atoms with Crippen molar-refractivity contribution in [3.63, 3.8) is 0 Å². The molecule has 1 atom stereocenters. The zero-order valence-electron chi connectivity index (χ0n) is 19.7. The average Bonchev–Trinajstić information content (AvgIpc) is 3.09. The molecule has 0 aliphatic heterocycles. The van der Waals surface area contributed by atoms with E-state index < -0.39 is 0 Å². The number of H-pyrrole nitrogens is 1. The quantitative estimate of drug-likeness (QED) is 0.468. The monoisotopic (exact) mass is 443 g/mol. The lowest BCUT2D eigenvalue weighted by atomic mass is 10.1. The van der Waals surface area contributed by atoms with Gasteiger partial charge in [-0.2, -0.15) is 0 Å². The predicted molar refractivity (Wildman–Crippen MR) is 130 cm³/mol. The minimum atomic E-state index is -0.247. The third kappa shape index (κ3) is 4.18. The highest BCUT2D eigenvalue weighted by Crippen LogP contribution is 2.30. The van der Waals surface area contributed by atoms with E-state index in [0.717, 1.165) is 34.0 Å². The lowest BCUT2D eigenvalue weighted by molar-refractivity contribution is 0.0951. The standard InChI is InChI=1S/C26H29N5O2/c1-6-22-27-14-21-23(26(33)28-13-20-15(2)12-16(3)29-25(20)32)18(5)31(24(21)30-22)17(4)19-10-8-7-9-11-19/h7-12,14,17H,6,13H2,1-5H3,(H,28,33)(H,29,32). The van der Waals surface area contributed by atoms with Gasteiger partial charge in [-0.1, -0.05) is 37.3 Å². The van der Waals surface area contributed by atoms with Gasteiger partial charge in [0.05, 0.1) is 17.0 Å². The first-order chi connectivity index (χ1) is 15.8. The van der Waals surface area contributed by atoms with Gasteiger partial charge in [-0.05, 0) is 44.9 Å². The Hall–Kier alpha value is -3.74. The summed E-state index contributed by atoms with van der Waals surface area (Å²) in [7, 11) is 0. The molecule has 1 unspecified atom stereocenters. The molecular weight excluding hydrogens is 414 g/mol. The third-order valence-corrected chi connectivity index (χ3v) is 6.17. The first-order valence-electron chi connectivity index (χ1n) is 11.2. The van der Waals surface area contributed by atoms with Gasteiger partial charge in [-0.3, -0.25) is 9.59 Å². The van der Waals surface area contributed by atoms with Crippen LogP contribution in [0.1, 0.15) is 64.1 Å². The summed E-state index contributed by atoms with van der Waals surface area (Å²) in [4.78, 5) is 37.8. The molecule has 0 saturated heterocycles. The molecule has 0 spiro atoms. The summed E-state index contributed by atoms with van der Waals surface area (Å²) in [5, 5.41) is 3.65. The van der Waals surface area contributed by atoms with Crippen molar-refractivity contribution in [1.82, 2.24) is 24.8 Å². The topological polar surface area (TPSA) is 92.7 Å². The number of benzene rings is 1. The van der Waals surface area contributed by atoms with Gasteiger partial charge in [-0.25, -0.2) is 9.97 Å². The summed E-state index contributed by atoms with van der Waals surface area (Å²) in [5.41, 5.74) is 5.24. The molecule has 1 aromatic carbocycles. The molecule has 0 aliphatic carbocycles. The normalized spacial score (nSPS) is 12.2. The molecule has 7 heteroatoms. The maximum absolute atomic E-state index is 13.4. The number of hydrogen-bond acceptors (Lipinski definition) is 4. The van der Waals surface area contributed by atoms with Crippen LogP contribution >= 0.6 is 0 Å². The van der Waals surface area contributed by atoms with Gasteiger partial charge in [0.15, 0.2) is 0 Å². The van der Waals surface area contributed by atoms with Crippen LogP contribution < -0.4 is 10.9 Å². The number of carbonyl (C=O) groups is 1. The Morgan fingerprint density at radius 2 is 1.91 bits per heavy atom. The molecule has 7 nitrogen and oxygen atoms in total. The minimum Gasteiger partial charge on any atom is -0.348 e. The largest absolute Gasteiger partial charge is 0.348 e. The van der Waals surface area contributed by atoms with Crippen molar-refractivity contribution in [2.45, 2.75) is 53.6 Å². The number of nitrogens with one attached hydrogen (secondary N) is 2. The average molecular weight is 444 g/mol. The van der Waals surface area contributed by atoms with Crippen molar-refractivity contribution < 1.29 is 4.79 Å². The Labute approximate surface area is 192 Å². The number of pyridine rings is 1. The highest BCUT2D eigenvalue weighted by molar-refractivity contribution is 6.07. The lowest BCUT2D eigenvalue weighted by Crippen LogP contribution is -2.28. The molecule has 4 rings (SSSR count). The van der Waals surface area contributed by atoms with E-state index in [0.29, 0.717) is 22.9 Å². The number of aryl methyl sites for hydroxylation is 3. The molecule has 1 amide bonds. The zero-order valence-corrected chi connectivity index (χ0v) is 19.7. The van der Waals surface area contributed by atoms with Gasteiger partial charge in [0, 0.05) is 36.1 Å². The number of hydrogen-bond donors (Lipinski definition) is 2. The van der Waals surface area contributed by atoms with Crippen LogP contribution in [0.3, 0.4) is 0 Å². The molecule has 170 valence electrons. The van der Waals surface area contributed by atoms with Gasteiger partial charge in [-0.15, -0.1) is 0 Å². The van der Waals surface area contributed by atoms with Crippen molar-refractivity contribution in [2.75, 3.05) is 0 Å². The van der Waals surface area contributed by atoms with Crippen LogP contribution in [0.15, 0.2) is 47.4 Å². The minimum absolute atomic E-state index is 0.0166. The van der Waals surface area contributed by atoms with Crippen molar-refractivity contribution in [3.8, 4) is 0 Å². The van der Waals surface area contributed by atoms with E-state index in [2.05, 4.69) is 38.9 Å². The summed E-state index contributed by atoms with van der Waals surface area (Å²) in [6.07, 6.45) is 2.44. The summed E-state index contributed by atoms with van der Waals surface area (Å²) < 4.78 is 2.10. The van der Waals surface area contributed by atoms with Gasteiger partial charge in [0.1, 0.15) is 11.5 Å². The highest BCUT2D eigenvalue weighted by Gasteiger charge is 2.25. The second-order valence-electron chi connectivity index (χ2n) is 8.42. The SMILES string of the molecule is CCc1ncc2c(C(=O)NCc3c(C)cc(C)[nH]c3=O)c(C)n(C(C)c3ccccc3)c2n1. The second kappa shape index (κ2) is 9.02. The number of rotatable bonds is 6. The Morgan fingerprint density at radius 3 is 2.58 bits per heavy atom. The van der Waals surface area contributed by atoms with E-state index in [9.17, 15) is 9.59 Å². The molecule has 33 heavy (non-hydrogen) atoms. The lowest BCUT2D eigenvalue weighted by Gasteiger charge is -2.18. The van der Waals surface area contributed by atoms with Crippen LogP contribution in [0.25, 0.3) is 11.0 Å². The molecule has 3 heterocycles. The Balaban J connectivity index is 1.77. The van der Waals surface area contributed by atoms with Crippen LogP contribution in [0.5, 0.6) is 0 Å². The molecular formula is C26H29N5O2.